The Morgan fingerprint density at radius 3 is 1.36 bits per heavy atom. The quantitative estimate of drug-likeness (QED) is 0.122. The van der Waals surface area contributed by atoms with Crippen LogP contribution in [0.15, 0.2) is 91.0 Å². The summed E-state index contributed by atoms with van der Waals surface area (Å²) >= 11 is 0. The Hall–Kier alpha value is -2.44. The first-order chi connectivity index (χ1) is 15.8. The number of hydrogen-bond donors (Lipinski definition) is 0. The first kappa shape index (κ1) is 32.7. The van der Waals surface area contributed by atoms with E-state index in [9.17, 15) is 4.79 Å². The normalized spacial score (nSPS) is 8.70. The number of carbonyl (C=O) groups is 1. The molecule has 6 heteroatoms. The van der Waals surface area contributed by atoms with Gasteiger partial charge in [-0.1, -0.05) is 91.0 Å². The standard InChI is InChI=1S/C18H15P.C7H9O2.2CO.Fe/c1-4-10-16(11-5-1)19(17-12-6-2-7-13-17)18-14-8-3-9-15-18;1-3-4-5-6-7(8)9-2;2*1-2;/h1-15H;3-6H,1H2,2H3;;;. The van der Waals surface area contributed by atoms with E-state index in [0.717, 1.165) is 0 Å². The van der Waals surface area contributed by atoms with Gasteiger partial charge in [0.2, 0.25) is 0 Å². The molecule has 3 aromatic rings. The summed E-state index contributed by atoms with van der Waals surface area (Å²) in [4.78, 5) is 10.3. The molecule has 0 aliphatic rings. The van der Waals surface area contributed by atoms with Crippen molar-refractivity contribution in [2.24, 2.45) is 0 Å². The van der Waals surface area contributed by atoms with Crippen molar-refractivity contribution >= 4 is 29.8 Å². The summed E-state index contributed by atoms with van der Waals surface area (Å²) in [6, 6.07) is 32.3. The fraction of sp³-hybridized carbons (Fsp3) is 0.0370. The second-order valence-corrected chi connectivity index (χ2v) is 7.87. The van der Waals surface area contributed by atoms with Crippen LogP contribution in [0.3, 0.4) is 0 Å². The van der Waals surface area contributed by atoms with Crippen LogP contribution in [-0.4, -0.2) is 13.1 Å². The summed E-state index contributed by atoms with van der Waals surface area (Å²) in [7, 11) is 0.888. The smallest absolute Gasteiger partial charge is 0.309 e. The molecule has 33 heavy (non-hydrogen) atoms. The van der Waals surface area contributed by atoms with E-state index in [1.165, 1.54) is 29.4 Å². The van der Waals surface area contributed by atoms with Crippen LogP contribution in [0.1, 0.15) is 0 Å². The third-order valence-electron chi connectivity index (χ3n) is 3.72. The summed E-state index contributed by atoms with van der Waals surface area (Å²) in [6.45, 7) is 12.4. The Morgan fingerprint density at radius 1 is 0.758 bits per heavy atom. The molecule has 0 heterocycles. The van der Waals surface area contributed by atoms with Gasteiger partial charge in [-0.05, 0) is 50.0 Å². The molecule has 5 radical (unpaired) electrons. The van der Waals surface area contributed by atoms with Crippen molar-refractivity contribution in [3.63, 3.8) is 0 Å². The molecule has 0 saturated heterocycles. The van der Waals surface area contributed by atoms with Crippen LogP contribution in [0, 0.1) is 45.9 Å². The third kappa shape index (κ3) is 13.6. The van der Waals surface area contributed by atoms with Crippen molar-refractivity contribution in [1.29, 1.82) is 0 Å². The van der Waals surface area contributed by atoms with E-state index in [1.54, 1.807) is 19.3 Å². The summed E-state index contributed by atoms with van der Waals surface area (Å²) in [5.41, 5.74) is 0. The van der Waals surface area contributed by atoms with Crippen molar-refractivity contribution in [3.05, 3.63) is 137 Å². The Bertz CT molecular complexity index is 784. The predicted molar refractivity (Wildman–Crippen MR) is 128 cm³/mol. The summed E-state index contributed by atoms with van der Waals surface area (Å²) < 4.78 is 19.3. The van der Waals surface area contributed by atoms with E-state index in [1.807, 2.05) is 0 Å². The first-order valence-corrected chi connectivity index (χ1v) is 10.7. The number of unbranched alkanes of at least 4 members (excludes halogenated alkanes) is 2. The van der Waals surface area contributed by atoms with Crippen LogP contribution in [0.25, 0.3) is 0 Å². The minimum absolute atomic E-state index is 0. The van der Waals surface area contributed by atoms with Gasteiger partial charge in [-0.2, -0.15) is 0 Å². The number of ether oxygens (including phenoxy) is 1. The second kappa shape index (κ2) is 22.7. The van der Waals surface area contributed by atoms with E-state index in [4.69, 9.17) is 9.30 Å². The molecule has 0 spiro atoms. The number of benzene rings is 3. The third-order valence-corrected chi connectivity index (χ3v) is 6.17. The molecule has 0 aliphatic heterocycles. The molecular formula is C27H24FeO4P. The topological polar surface area (TPSA) is 66.1 Å². The van der Waals surface area contributed by atoms with Crippen LogP contribution in [0.5, 0.6) is 0 Å². The SMILES string of the molecule is [C-]#[O+].[C-]#[O+].[CH2][CH][CH][CH][CH]C(=O)OC.[Fe].c1ccc(P(c2ccccc2)c2ccccc2)cc1. The molecule has 0 amide bonds. The minimum Gasteiger partial charge on any atom is -0.469 e. The minimum atomic E-state index is -0.446. The van der Waals surface area contributed by atoms with Crippen LogP contribution in [0.2, 0.25) is 0 Å². The fourth-order valence-electron chi connectivity index (χ4n) is 2.46. The second-order valence-electron chi connectivity index (χ2n) is 5.65. The fourth-order valence-corrected chi connectivity index (χ4v) is 4.76. The van der Waals surface area contributed by atoms with Crippen LogP contribution in [-0.2, 0) is 35.9 Å². The van der Waals surface area contributed by atoms with Crippen LogP contribution >= 0.6 is 7.92 Å². The van der Waals surface area contributed by atoms with Crippen molar-refractivity contribution in [2.45, 2.75) is 0 Å². The van der Waals surface area contributed by atoms with Crippen molar-refractivity contribution in [1.82, 2.24) is 0 Å². The molecule has 169 valence electrons. The van der Waals surface area contributed by atoms with Gasteiger partial charge in [0.05, 0.1) is 13.5 Å². The van der Waals surface area contributed by atoms with E-state index in [0.29, 0.717) is 0 Å². The molecule has 0 N–H and O–H groups in total. The Labute approximate surface area is 209 Å². The Morgan fingerprint density at radius 2 is 1.09 bits per heavy atom. The monoisotopic (exact) mass is 499 g/mol. The molecule has 0 fully saturated rings. The van der Waals surface area contributed by atoms with Gasteiger partial charge in [0.1, 0.15) is 0 Å². The maximum atomic E-state index is 10.3. The number of rotatable bonds is 7. The summed E-state index contributed by atoms with van der Waals surface area (Å²) in [5, 5.41) is 4.19. The van der Waals surface area contributed by atoms with Crippen molar-refractivity contribution in [3.8, 4) is 0 Å². The number of esters is 1. The van der Waals surface area contributed by atoms with E-state index in [-0.39, 0.29) is 23.0 Å². The van der Waals surface area contributed by atoms with Gasteiger partial charge in [-0.25, -0.2) is 0 Å². The molecular weight excluding hydrogens is 475 g/mol. The van der Waals surface area contributed by atoms with E-state index >= 15 is 0 Å². The number of methoxy groups -OCH3 is 1. The zero-order chi connectivity index (χ0) is 24.0. The predicted octanol–water partition coefficient (Wildman–Crippen LogP) is 4.18. The molecule has 0 unspecified atom stereocenters. The van der Waals surface area contributed by atoms with Crippen molar-refractivity contribution < 1.29 is 35.9 Å². The van der Waals surface area contributed by atoms with Gasteiger partial charge < -0.3 is 4.74 Å². The Balaban J connectivity index is 0. The molecule has 3 aromatic carbocycles. The molecule has 0 aromatic heterocycles. The van der Waals surface area contributed by atoms with Gasteiger partial charge in [0, 0.05) is 17.1 Å². The average molecular weight is 499 g/mol. The van der Waals surface area contributed by atoms with Gasteiger partial charge >= 0.3 is 28.6 Å². The van der Waals surface area contributed by atoms with Crippen molar-refractivity contribution in [2.75, 3.05) is 7.11 Å². The van der Waals surface area contributed by atoms with Gasteiger partial charge in [-0.15, -0.1) is 0 Å². The molecule has 0 bridgehead atoms. The van der Waals surface area contributed by atoms with Crippen LogP contribution < -0.4 is 15.9 Å². The molecule has 3 rings (SSSR count). The largest absolute Gasteiger partial charge is 0.469 e. The van der Waals surface area contributed by atoms with E-state index < -0.39 is 7.92 Å². The van der Waals surface area contributed by atoms with Gasteiger partial charge in [0.15, 0.2) is 0 Å². The summed E-state index contributed by atoms with van der Waals surface area (Å²) in [6.07, 6.45) is 6.12. The molecule has 0 atom stereocenters. The number of hydrogen-bond acceptors (Lipinski definition) is 2. The molecule has 0 aliphatic carbocycles. The van der Waals surface area contributed by atoms with Crippen LogP contribution in [0.4, 0.5) is 0 Å². The molecule has 4 nitrogen and oxygen atoms in total. The maximum absolute atomic E-state index is 10.3. The molecule has 0 saturated carbocycles. The van der Waals surface area contributed by atoms with Gasteiger partial charge in [0.25, 0.3) is 0 Å². The summed E-state index contributed by atoms with van der Waals surface area (Å²) in [5.74, 6) is -0.354. The van der Waals surface area contributed by atoms with E-state index in [2.05, 4.69) is 116 Å². The maximum Gasteiger partial charge on any atom is 0.309 e. The zero-order valence-electron chi connectivity index (χ0n) is 18.1. The Kier molecular flexibility index (Phi) is 22.6. The first-order valence-electron chi connectivity index (χ1n) is 9.32. The number of carbonyl (C=O) groups excluding carboxylic acids is 1. The van der Waals surface area contributed by atoms with Gasteiger partial charge in [-0.3, -0.25) is 4.79 Å². The zero-order valence-corrected chi connectivity index (χ0v) is 20.1. The average Bonchev–Trinajstić information content (AvgIpc) is 2.89.